The summed E-state index contributed by atoms with van der Waals surface area (Å²) in [5, 5.41) is 0. The van der Waals surface area contributed by atoms with Crippen LogP contribution in [0.25, 0.3) is 12.2 Å². The maximum absolute atomic E-state index is 6.61. The predicted molar refractivity (Wildman–Crippen MR) is 124 cm³/mol. The van der Waals surface area contributed by atoms with Gasteiger partial charge in [0.25, 0.3) is 0 Å². The van der Waals surface area contributed by atoms with Gasteiger partial charge in [-0.3, -0.25) is 0 Å². The standard InChI is InChI=1S/C26H27BO/c1-5-21-10-16-24(17-11-21)27(25-18-12-22(6-2)13-19-25)28-26(7-3)23-14-8-20(4)9-15-23/h5-8,10-14,16-19H,1-2,9,15H2,3-4H3/b26-7-. The van der Waals surface area contributed by atoms with Crippen molar-refractivity contribution in [1.29, 1.82) is 0 Å². The first-order valence-electron chi connectivity index (χ1n) is 9.79. The average molecular weight is 366 g/mol. The fourth-order valence-corrected chi connectivity index (χ4v) is 3.35. The fourth-order valence-electron chi connectivity index (χ4n) is 3.35. The molecule has 140 valence electrons. The Balaban J connectivity index is 1.96. The summed E-state index contributed by atoms with van der Waals surface area (Å²) in [6, 6.07) is 16.8. The summed E-state index contributed by atoms with van der Waals surface area (Å²) in [6.45, 7) is 11.7. The lowest BCUT2D eigenvalue weighted by atomic mass is 9.55. The van der Waals surface area contributed by atoms with E-state index in [-0.39, 0.29) is 6.92 Å². The molecule has 0 bridgehead atoms. The molecule has 3 rings (SSSR count). The van der Waals surface area contributed by atoms with Gasteiger partial charge in [-0.05, 0) is 60.4 Å². The van der Waals surface area contributed by atoms with Crippen LogP contribution in [0.5, 0.6) is 0 Å². The molecule has 1 nitrogen and oxygen atoms in total. The van der Waals surface area contributed by atoms with Gasteiger partial charge in [-0.15, -0.1) is 0 Å². The van der Waals surface area contributed by atoms with Crippen LogP contribution in [0.1, 0.15) is 37.8 Å². The van der Waals surface area contributed by atoms with Gasteiger partial charge in [0, 0.05) is 0 Å². The van der Waals surface area contributed by atoms with Gasteiger partial charge in [-0.1, -0.05) is 91.6 Å². The van der Waals surface area contributed by atoms with Crippen molar-refractivity contribution >= 4 is 30.0 Å². The van der Waals surface area contributed by atoms with E-state index in [1.54, 1.807) is 0 Å². The van der Waals surface area contributed by atoms with Gasteiger partial charge in [0.05, 0.1) is 5.76 Å². The van der Waals surface area contributed by atoms with E-state index in [1.807, 2.05) is 19.1 Å². The largest absolute Gasteiger partial charge is 0.551 e. The minimum absolute atomic E-state index is 0.170. The second kappa shape index (κ2) is 9.28. The Hall–Kier alpha value is -3.00. The Bertz CT molecular complexity index is 876. The van der Waals surface area contributed by atoms with Crippen LogP contribution in [0, 0.1) is 0 Å². The van der Waals surface area contributed by atoms with Crippen molar-refractivity contribution in [2.24, 2.45) is 0 Å². The average Bonchev–Trinajstić information content (AvgIpc) is 2.76. The molecule has 2 aromatic rings. The molecule has 28 heavy (non-hydrogen) atoms. The van der Waals surface area contributed by atoms with E-state index in [1.165, 1.54) is 11.1 Å². The quantitative estimate of drug-likeness (QED) is 0.453. The Morgan fingerprint density at radius 1 is 0.857 bits per heavy atom. The van der Waals surface area contributed by atoms with Gasteiger partial charge in [-0.2, -0.15) is 0 Å². The Morgan fingerprint density at radius 2 is 1.39 bits per heavy atom. The molecule has 2 aromatic carbocycles. The lowest BCUT2D eigenvalue weighted by Gasteiger charge is -2.22. The Labute approximate surface area is 169 Å². The van der Waals surface area contributed by atoms with E-state index < -0.39 is 0 Å². The van der Waals surface area contributed by atoms with Crippen LogP contribution in [0.15, 0.2) is 96.8 Å². The topological polar surface area (TPSA) is 9.23 Å². The SMILES string of the molecule is C=Cc1ccc(B(O/C(=C\C)C2=CC=C(C)CC2)c2ccc(C=C)cc2)cc1. The lowest BCUT2D eigenvalue weighted by molar-refractivity contribution is 0.454. The molecule has 0 unspecified atom stereocenters. The van der Waals surface area contributed by atoms with E-state index in [2.05, 4.69) is 86.8 Å². The molecular formula is C26H27BO. The van der Waals surface area contributed by atoms with Crippen LogP contribution < -0.4 is 10.9 Å². The first kappa shape index (κ1) is 19.8. The third-order valence-electron chi connectivity index (χ3n) is 5.13. The molecule has 0 aliphatic heterocycles. The highest BCUT2D eigenvalue weighted by atomic mass is 16.4. The van der Waals surface area contributed by atoms with Crippen molar-refractivity contribution in [2.75, 3.05) is 0 Å². The molecule has 0 atom stereocenters. The second-order valence-corrected chi connectivity index (χ2v) is 7.10. The summed E-state index contributed by atoms with van der Waals surface area (Å²) in [5.74, 6) is 0.953. The van der Waals surface area contributed by atoms with E-state index in [9.17, 15) is 0 Å². The number of hydrogen-bond donors (Lipinski definition) is 0. The lowest BCUT2D eigenvalue weighted by Crippen LogP contribution is -2.45. The molecule has 0 radical (unpaired) electrons. The summed E-state index contributed by atoms with van der Waals surface area (Å²) < 4.78 is 6.61. The summed E-state index contributed by atoms with van der Waals surface area (Å²) in [7, 11) is 0. The highest BCUT2D eigenvalue weighted by Crippen LogP contribution is 2.25. The molecule has 0 fully saturated rings. The maximum Gasteiger partial charge on any atom is 0.426 e. The predicted octanol–water partition coefficient (Wildman–Crippen LogP) is 5.67. The number of allylic oxidation sites excluding steroid dienone is 5. The molecule has 0 amide bonds. The molecule has 0 heterocycles. The minimum atomic E-state index is -0.170. The van der Waals surface area contributed by atoms with Crippen molar-refractivity contribution in [3.8, 4) is 0 Å². The van der Waals surface area contributed by atoms with E-state index in [0.717, 1.165) is 40.7 Å². The zero-order valence-electron chi connectivity index (χ0n) is 16.8. The summed E-state index contributed by atoms with van der Waals surface area (Å²) in [6.07, 6.45) is 12.3. The van der Waals surface area contributed by atoms with Gasteiger partial charge >= 0.3 is 6.92 Å². The summed E-state index contributed by atoms with van der Waals surface area (Å²) >= 11 is 0. The van der Waals surface area contributed by atoms with Crippen LogP contribution in [-0.2, 0) is 4.65 Å². The smallest absolute Gasteiger partial charge is 0.426 e. The Kier molecular flexibility index (Phi) is 6.55. The molecule has 0 saturated carbocycles. The Morgan fingerprint density at radius 3 is 1.79 bits per heavy atom. The van der Waals surface area contributed by atoms with Crippen LogP contribution in [0.4, 0.5) is 0 Å². The monoisotopic (exact) mass is 366 g/mol. The van der Waals surface area contributed by atoms with E-state index in [4.69, 9.17) is 4.65 Å². The van der Waals surface area contributed by atoms with Gasteiger partial charge in [-0.25, -0.2) is 0 Å². The molecule has 0 aromatic heterocycles. The highest BCUT2D eigenvalue weighted by Gasteiger charge is 2.25. The molecule has 1 aliphatic rings. The van der Waals surface area contributed by atoms with Gasteiger partial charge in [0.2, 0.25) is 0 Å². The van der Waals surface area contributed by atoms with Crippen molar-refractivity contribution in [3.05, 3.63) is 108 Å². The van der Waals surface area contributed by atoms with Gasteiger partial charge < -0.3 is 4.65 Å². The maximum atomic E-state index is 6.61. The van der Waals surface area contributed by atoms with Crippen LogP contribution in [-0.4, -0.2) is 6.92 Å². The third kappa shape index (κ3) is 4.64. The van der Waals surface area contributed by atoms with Crippen molar-refractivity contribution in [1.82, 2.24) is 0 Å². The first-order valence-corrected chi connectivity index (χ1v) is 9.79. The van der Waals surface area contributed by atoms with E-state index in [0.29, 0.717) is 0 Å². The zero-order valence-corrected chi connectivity index (χ0v) is 16.8. The second-order valence-electron chi connectivity index (χ2n) is 7.10. The van der Waals surface area contributed by atoms with Crippen molar-refractivity contribution in [2.45, 2.75) is 26.7 Å². The molecule has 0 N–H and O–H groups in total. The number of benzene rings is 2. The fraction of sp³-hybridized carbons (Fsp3) is 0.154. The van der Waals surface area contributed by atoms with Gasteiger partial charge in [0.15, 0.2) is 0 Å². The van der Waals surface area contributed by atoms with Crippen LogP contribution in [0.2, 0.25) is 0 Å². The first-order chi connectivity index (χ1) is 13.6. The molecular weight excluding hydrogens is 339 g/mol. The normalized spacial score (nSPS) is 14.0. The van der Waals surface area contributed by atoms with Crippen molar-refractivity contribution in [3.63, 3.8) is 0 Å². The van der Waals surface area contributed by atoms with E-state index >= 15 is 0 Å². The van der Waals surface area contributed by atoms with Gasteiger partial charge in [0.1, 0.15) is 0 Å². The highest BCUT2D eigenvalue weighted by molar-refractivity contribution is 6.80. The zero-order chi connectivity index (χ0) is 19.9. The molecule has 1 aliphatic carbocycles. The minimum Gasteiger partial charge on any atom is -0.551 e. The van der Waals surface area contributed by atoms with Crippen molar-refractivity contribution < 1.29 is 4.65 Å². The molecule has 0 saturated heterocycles. The molecule has 0 spiro atoms. The summed E-state index contributed by atoms with van der Waals surface area (Å²) in [5.41, 5.74) is 7.12. The summed E-state index contributed by atoms with van der Waals surface area (Å²) in [4.78, 5) is 0. The number of rotatable bonds is 7. The number of hydrogen-bond acceptors (Lipinski definition) is 1. The van der Waals surface area contributed by atoms with Crippen LogP contribution >= 0.6 is 0 Å². The molecule has 2 heteroatoms. The third-order valence-corrected chi connectivity index (χ3v) is 5.13. The van der Waals surface area contributed by atoms with Crippen LogP contribution in [0.3, 0.4) is 0 Å².